The van der Waals surface area contributed by atoms with Crippen LogP contribution in [0.4, 0.5) is 4.79 Å². The van der Waals surface area contributed by atoms with Gasteiger partial charge in [0.15, 0.2) is 5.78 Å². The molecular weight excluding hydrogens is 370 g/mol. The van der Waals surface area contributed by atoms with Crippen LogP contribution in [0.3, 0.4) is 0 Å². The van der Waals surface area contributed by atoms with Crippen molar-refractivity contribution < 1.29 is 23.9 Å². The normalized spacial score (nSPS) is 18.7. The first kappa shape index (κ1) is 20.6. The fourth-order valence-electron chi connectivity index (χ4n) is 3.57. The van der Waals surface area contributed by atoms with Crippen molar-refractivity contribution in [3.05, 3.63) is 71.8 Å². The molecule has 2 aromatic carbocycles. The molecule has 0 radical (unpaired) electrons. The van der Waals surface area contributed by atoms with Gasteiger partial charge in [-0.15, -0.1) is 0 Å². The Balaban J connectivity index is 1.73. The minimum Gasteiger partial charge on any atom is -0.460 e. The summed E-state index contributed by atoms with van der Waals surface area (Å²) in [5.74, 6) is -0.526. The molecule has 1 saturated heterocycles. The second-order valence-electron chi connectivity index (χ2n) is 7.08. The maximum Gasteiger partial charge on any atom is 0.410 e. The third-order valence-electron chi connectivity index (χ3n) is 4.96. The molecular formula is C23H25NO5. The summed E-state index contributed by atoms with van der Waals surface area (Å²) >= 11 is 0. The van der Waals surface area contributed by atoms with Crippen LogP contribution in [0.5, 0.6) is 0 Å². The van der Waals surface area contributed by atoms with E-state index in [1.165, 1.54) is 11.8 Å². The number of carbonyl (C=O) groups excluding carboxylic acids is 3. The summed E-state index contributed by atoms with van der Waals surface area (Å²) in [6.07, 6.45) is 0.320. The molecule has 0 bridgehead atoms. The molecule has 0 saturated carbocycles. The number of piperidine rings is 1. The largest absolute Gasteiger partial charge is 0.460 e. The van der Waals surface area contributed by atoms with E-state index >= 15 is 0 Å². The van der Waals surface area contributed by atoms with Gasteiger partial charge in [0.2, 0.25) is 0 Å². The van der Waals surface area contributed by atoms with E-state index in [1.54, 1.807) is 24.3 Å². The smallest absolute Gasteiger partial charge is 0.410 e. The van der Waals surface area contributed by atoms with Gasteiger partial charge in [0, 0.05) is 25.5 Å². The maximum absolute atomic E-state index is 12.8. The number of esters is 1. The molecule has 1 heterocycles. The van der Waals surface area contributed by atoms with Crippen molar-refractivity contribution in [1.82, 2.24) is 4.90 Å². The Bertz CT molecular complexity index is 837. The van der Waals surface area contributed by atoms with Crippen LogP contribution in [-0.2, 0) is 20.9 Å². The number of benzene rings is 2. The number of likely N-dealkylation sites (tertiary alicyclic amines) is 1. The van der Waals surface area contributed by atoms with E-state index in [4.69, 9.17) is 9.47 Å². The first-order valence-electron chi connectivity index (χ1n) is 9.77. The second-order valence-corrected chi connectivity index (χ2v) is 7.08. The highest BCUT2D eigenvalue weighted by Gasteiger charge is 2.38. The molecule has 2 aromatic rings. The van der Waals surface area contributed by atoms with E-state index < -0.39 is 24.2 Å². The Kier molecular flexibility index (Phi) is 7.00. The predicted octanol–water partition coefficient (Wildman–Crippen LogP) is 3.99. The minimum absolute atomic E-state index is 0.0718. The fourth-order valence-corrected chi connectivity index (χ4v) is 3.57. The number of rotatable bonds is 6. The molecule has 1 amide bonds. The van der Waals surface area contributed by atoms with Gasteiger partial charge in [0.1, 0.15) is 12.7 Å². The van der Waals surface area contributed by atoms with Crippen LogP contribution in [0.15, 0.2) is 60.7 Å². The van der Waals surface area contributed by atoms with Crippen molar-refractivity contribution >= 4 is 17.8 Å². The van der Waals surface area contributed by atoms with Crippen LogP contribution < -0.4 is 0 Å². The Morgan fingerprint density at radius 3 is 2.31 bits per heavy atom. The standard InChI is InChI=1S/C23H25NO5/c1-17(25)29-22-13-8-14-24(23(27)28-16-18-9-4-2-5-10-18)20(22)15-21(26)19-11-6-3-7-12-19/h2-7,9-12,20,22H,8,13-16H2,1H3/t20-,22-/m0/s1. The van der Waals surface area contributed by atoms with Crippen LogP contribution >= 0.6 is 0 Å². The van der Waals surface area contributed by atoms with Crippen molar-refractivity contribution in [3.63, 3.8) is 0 Å². The zero-order valence-electron chi connectivity index (χ0n) is 16.5. The number of ether oxygens (including phenoxy) is 2. The van der Waals surface area contributed by atoms with E-state index in [2.05, 4.69) is 0 Å². The third kappa shape index (κ3) is 5.67. The van der Waals surface area contributed by atoms with E-state index in [9.17, 15) is 14.4 Å². The van der Waals surface area contributed by atoms with Crippen LogP contribution in [0, 0.1) is 0 Å². The number of hydrogen-bond acceptors (Lipinski definition) is 5. The fraction of sp³-hybridized carbons (Fsp3) is 0.348. The summed E-state index contributed by atoms with van der Waals surface area (Å²) in [5, 5.41) is 0. The molecule has 1 aliphatic rings. The number of nitrogens with zero attached hydrogens (tertiary/aromatic N) is 1. The molecule has 0 N–H and O–H groups in total. The molecule has 3 rings (SSSR count). The molecule has 0 spiro atoms. The Morgan fingerprint density at radius 1 is 1.00 bits per heavy atom. The number of hydrogen-bond donors (Lipinski definition) is 0. The van der Waals surface area contributed by atoms with Gasteiger partial charge in [-0.1, -0.05) is 60.7 Å². The van der Waals surface area contributed by atoms with Gasteiger partial charge < -0.3 is 14.4 Å². The molecule has 152 valence electrons. The van der Waals surface area contributed by atoms with Crippen molar-refractivity contribution in [1.29, 1.82) is 0 Å². The Hall–Kier alpha value is -3.15. The number of Topliss-reactive ketones (excluding diaryl/α,β-unsaturated/α-hetero) is 1. The first-order valence-corrected chi connectivity index (χ1v) is 9.77. The van der Waals surface area contributed by atoms with Crippen molar-refractivity contribution in [2.75, 3.05) is 6.54 Å². The predicted molar refractivity (Wildman–Crippen MR) is 107 cm³/mol. The summed E-state index contributed by atoms with van der Waals surface area (Å²) in [6.45, 7) is 1.94. The summed E-state index contributed by atoms with van der Waals surface area (Å²) in [5.41, 5.74) is 1.45. The molecule has 6 nitrogen and oxygen atoms in total. The van der Waals surface area contributed by atoms with Gasteiger partial charge in [-0.05, 0) is 18.4 Å². The lowest BCUT2D eigenvalue weighted by Gasteiger charge is -2.39. The number of ketones is 1. The number of amides is 1. The van der Waals surface area contributed by atoms with Gasteiger partial charge in [0.25, 0.3) is 0 Å². The zero-order valence-corrected chi connectivity index (χ0v) is 16.5. The first-order chi connectivity index (χ1) is 14.0. The molecule has 6 heteroatoms. The van der Waals surface area contributed by atoms with E-state index in [0.717, 1.165) is 5.56 Å². The van der Waals surface area contributed by atoms with Crippen LogP contribution in [-0.4, -0.2) is 41.4 Å². The van der Waals surface area contributed by atoms with Crippen molar-refractivity contribution in [2.24, 2.45) is 0 Å². The molecule has 1 aliphatic heterocycles. The van der Waals surface area contributed by atoms with Gasteiger partial charge in [-0.3, -0.25) is 9.59 Å². The van der Waals surface area contributed by atoms with Crippen LogP contribution in [0.2, 0.25) is 0 Å². The van der Waals surface area contributed by atoms with Crippen molar-refractivity contribution in [3.8, 4) is 0 Å². The topological polar surface area (TPSA) is 72.9 Å². The van der Waals surface area contributed by atoms with E-state index in [1.807, 2.05) is 36.4 Å². The summed E-state index contributed by atoms with van der Waals surface area (Å²) in [6, 6.07) is 17.8. The SMILES string of the molecule is CC(=O)O[C@H]1CCCN(C(=O)OCc2ccccc2)[C@H]1CC(=O)c1ccccc1. The lowest BCUT2D eigenvalue weighted by Crippen LogP contribution is -2.53. The highest BCUT2D eigenvalue weighted by Crippen LogP contribution is 2.26. The summed E-state index contributed by atoms with van der Waals surface area (Å²) in [4.78, 5) is 38.6. The quantitative estimate of drug-likeness (QED) is 0.546. The van der Waals surface area contributed by atoms with Gasteiger partial charge in [-0.2, -0.15) is 0 Å². The highest BCUT2D eigenvalue weighted by molar-refractivity contribution is 5.96. The lowest BCUT2D eigenvalue weighted by atomic mass is 9.92. The molecule has 0 aliphatic carbocycles. The van der Waals surface area contributed by atoms with Gasteiger partial charge >= 0.3 is 12.1 Å². The average Bonchev–Trinajstić information content (AvgIpc) is 2.74. The molecule has 2 atom stereocenters. The number of carbonyl (C=O) groups is 3. The summed E-state index contributed by atoms with van der Waals surface area (Å²) < 4.78 is 10.9. The zero-order chi connectivity index (χ0) is 20.6. The third-order valence-corrected chi connectivity index (χ3v) is 4.96. The second kappa shape index (κ2) is 9.87. The van der Waals surface area contributed by atoms with Crippen molar-refractivity contribution in [2.45, 2.75) is 44.9 Å². The minimum atomic E-state index is -0.552. The van der Waals surface area contributed by atoms with Gasteiger partial charge in [-0.25, -0.2) is 4.79 Å². The average molecular weight is 395 g/mol. The monoisotopic (exact) mass is 395 g/mol. The van der Waals surface area contributed by atoms with Crippen LogP contribution in [0.1, 0.15) is 42.1 Å². The Labute approximate surface area is 170 Å². The summed E-state index contributed by atoms with van der Waals surface area (Å²) in [7, 11) is 0. The molecule has 0 unspecified atom stereocenters. The highest BCUT2D eigenvalue weighted by atomic mass is 16.6. The van der Waals surface area contributed by atoms with Gasteiger partial charge in [0.05, 0.1) is 6.04 Å². The Morgan fingerprint density at radius 2 is 1.66 bits per heavy atom. The van der Waals surface area contributed by atoms with E-state index in [0.29, 0.717) is 24.9 Å². The lowest BCUT2D eigenvalue weighted by molar-refractivity contribution is -0.152. The molecule has 0 aromatic heterocycles. The van der Waals surface area contributed by atoms with E-state index in [-0.39, 0.29) is 18.8 Å². The molecule has 29 heavy (non-hydrogen) atoms. The van der Waals surface area contributed by atoms with Crippen LogP contribution in [0.25, 0.3) is 0 Å². The molecule has 1 fully saturated rings. The maximum atomic E-state index is 12.8.